The van der Waals surface area contributed by atoms with Crippen molar-refractivity contribution in [2.45, 2.75) is 6.18 Å². The van der Waals surface area contributed by atoms with Crippen molar-refractivity contribution in [3.05, 3.63) is 33.1 Å². The van der Waals surface area contributed by atoms with Gasteiger partial charge in [-0.15, -0.1) is 0 Å². The summed E-state index contributed by atoms with van der Waals surface area (Å²) in [5, 5.41) is 0. The molecule has 0 aliphatic heterocycles. The van der Waals surface area contributed by atoms with Gasteiger partial charge < -0.3 is 0 Å². The molecule has 0 N–H and O–H groups in total. The van der Waals surface area contributed by atoms with Gasteiger partial charge in [0.15, 0.2) is 0 Å². The van der Waals surface area contributed by atoms with Crippen LogP contribution in [0.2, 0.25) is 0 Å². The Bertz CT molecular complexity index is 372. The van der Waals surface area contributed by atoms with E-state index in [-0.39, 0.29) is 0 Å². The number of hydrogen-bond donors (Lipinski definition) is 0. The van der Waals surface area contributed by atoms with E-state index in [1.165, 1.54) is 6.07 Å². The van der Waals surface area contributed by atoms with E-state index in [1.54, 1.807) is 22.6 Å². The van der Waals surface area contributed by atoms with Gasteiger partial charge in [-0.2, -0.15) is 13.2 Å². The first-order chi connectivity index (χ1) is 6.32. The molecule has 1 aromatic carbocycles. The van der Waals surface area contributed by atoms with Gasteiger partial charge in [0.25, 0.3) is 5.78 Å². The quantitative estimate of drug-likeness (QED) is 0.442. The lowest BCUT2D eigenvalue weighted by molar-refractivity contribution is -0.0887. The van der Waals surface area contributed by atoms with Gasteiger partial charge in [-0.3, -0.25) is 4.79 Å². The van der Waals surface area contributed by atoms with Gasteiger partial charge in [-0.25, -0.2) is 4.39 Å². The highest BCUT2D eigenvalue weighted by Gasteiger charge is 2.40. The molecule has 76 valence electrons. The topological polar surface area (TPSA) is 17.1 Å². The lowest BCUT2D eigenvalue weighted by atomic mass is 10.1. The fourth-order valence-corrected chi connectivity index (χ4v) is 1.28. The van der Waals surface area contributed by atoms with E-state index in [9.17, 15) is 22.4 Å². The molecular formula is C8H3F4IO. The average Bonchev–Trinajstić information content (AvgIpc) is 2.01. The van der Waals surface area contributed by atoms with E-state index < -0.39 is 23.3 Å². The van der Waals surface area contributed by atoms with Gasteiger partial charge in [0, 0.05) is 3.57 Å². The highest BCUT2D eigenvalue weighted by atomic mass is 127. The summed E-state index contributed by atoms with van der Waals surface area (Å²) < 4.78 is 49.0. The Morgan fingerprint density at radius 3 is 2.29 bits per heavy atom. The summed E-state index contributed by atoms with van der Waals surface area (Å²) in [6.07, 6.45) is -5.03. The summed E-state index contributed by atoms with van der Waals surface area (Å²) in [6, 6.07) is 2.94. The van der Waals surface area contributed by atoms with Gasteiger partial charge in [0.05, 0.1) is 5.56 Å². The molecule has 0 aliphatic rings. The van der Waals surface area contributed by atoms with Crippen molar-refractivity contribution in [2.24, 2.45) is 0 Å². The molecule has 0 unspecified atom stereocenters. The zero-order chi connectivity index (χ0) is 10.9. The minimum Gasteiger partial charge on any atom is -0.284 e. The van der Waals surface area contributed by atoms with E-state index in [2.05, 4.69) is 0 Å². The number of ketones is 1. The molecule has 0 heterocycles. The summed E-state index contributed by atoms with van der Waals surface area (Å²) >= 11 is 1.73. The van der Waals surface area contributed by atoms with Crippen LogP contribution in [0.3, 0.4) is 0 Å². The zero-order valence-electron chi connectivity index (χ0n) is 6.53. The number of carbonyl (C=O) groups excluding carboxylic acids is 1. The van der Waals surface area contributed by atoms with Crippen LogP contribution in [0.4, 0.5) is 17.6 Å². The van der Waals surface area contributed by atoms with Gasteiger partial charge in [0.2, 0.25) is 0 Å². The fraction of sp³-hybridized carbons (Fsp3) is 0.125. The average molecular weight is 318 g/mol. The number of hydrogen-bond acceptors (Lipinski definition) is 1. The molecule has 0 aromatic heterocycles. The molecule has 6 heteroatoms. The predicted molar refractivity (Wildman–Crippen MR) is 49.5 cm³/mol. The molecule has 0 aliphatic carbocycles. The zero-order valence-corrected chi connectivity index (χ0v) is 8.69. The van der Waals surface area contributed by atoms with Crippen LogP contribution in [0.1, 0.15) is 10.4 Å². The minimum atomic E-state index is -5.03. The van der Waals surface area contributed by atoms with Crippen molar-refractivity contribution in [2.75, 3.05) is 0 Å². The maximum Gasteiger partial charge on any atom is 0.454 e. The van der Waals surface area contributed by atoms with Crippen molar-refractivity contribution >= 4 is 28.4 Å². The largest absolute Gasteiger partial charge is 0.454 e. The predicted octanol–water partition coefficient (Wildman–Crippen LogP) is 3.18. The maximum absolute atomic E-state index is 12.9. The van der Waals surface area contributed by atoms with Crippen LogP contribution in [0.5, 0.6) is 0 Å². The number of alkyl halides is 3. The molecule has 0 radical (unpaired) electrons. The number of rotatable bonds is 1. The second kappa shape index (κ2) is 3.84. The van der Waals surface area contributed by atoms with Crippen molar-refractivity contribution < 1.29 is 22.4 Å². The van der Waals surface area contributed by atoms with Crippen LogP contribution >= 0.6 is 22.6 Å². The van der Waals surface area contributed by atoms with E-state index in [1.807, 2.05) is 0 Å². The molecule has 1 nitrogen and oxygen atoms in total. The van der Waals surface area contributed by atoms with E-state index >= 15 is 0 Å². The monoisotopic (exact) mass is 318 g/mol. The molecule has 0 spiro atoms. The minimum absolute atomic E-state index is 0.429. The summed E-state index contributed by atoms with van der Waals surface area (Å²) in [7, 11) is 0. The molecule has 0 saturated carbocycles. The highest BCUT2D eigenvalue weighted by molar-refractivity contribution is 14.1. The fourth-order valence-electron chi connectivity index (χ4n) is 0.826. The van der Waals surface area contributed by atoms with Gasteiger partial charge in [-0.05, 0) is 40.8 Å². The first-order valence-corrected chi connectivity index (χ1v) is 4.47. The normalized spacial score (nSPS) is 11.5. The Labute approximate surface area is 90.2 Å². The molecule has 0 fully saturated rings. The molecule has 1 aromatic rings. The summed E-state index contributed by atoms with van der Waals surface area (Å²) in [4.78, 5) is 10.6. The molecule has 0 bridgehead atoms. The molecule has 14 heavy (non-hydrogen) atoms. The molecule has 0 atom stereocenters. The Morgan fingerprint density at radius 1 is 1.29 bits per heavy atom. The second-order valence-electron chi connectivity index (χ2n) is 2.45. The maximum atomic E-state index is 12.9. The van der Waals surface area contributed by atoms with Crippen LogP contribution < -0.4 is 0 Å². The first-order valence-electron chi connectivity index (χ1n) is 3.39. The third kappa shape index (κ3) is 2.43. The summed E-state index contributed by atoms with van der Waals surface area (Å²) in [5.41, 5.74) is -0.946. The van der Waals surface area contributed by atoms with E-state index in [0.29, 0.717) is 3.57 Å². The summed E-state index contributed by atoms with van der Waals surface area (Å²) in [6.45, 7) is 0. The molecular weight excluding hydrogens is 315 g/mol. The Hall–Kier alpha value is -0.660. The number of benzene rings is 1. The van der Waals surface area contributed by atoms with Gasteiger partial charge >= 0.3 is 6.18 Å². The lowest BCUT2D eigenvalue weighted by Gasteiger charge is -2.05. The van der Waals surface area contributed by atoms with Crippen molar-refractivity contribution in [3.63, 3.8) is 0 Å². The van der Waals surface area contributed by atoms with Crippen molar-refractivity contribution in [3.8, 4) is 0 Å². The van der Waals surface area contributed by atoms with Gasteiger partial charge in [0.1, 0.15) is 5.82 Å². The smallest absolute Gasteiger partial charge is 0.284 e. The number of halogens is 5. The van der Waals surface area contributed by atoms with Crippen LogP contribution in [-0.2, 0) is 0 Å². The Balaban J connectivity index is 3.15. The standard InChI is InChI=1S/C8H3F4IO/c9-6-3-4(13)1-2-5(6)7(14)8(10,11)12/h1-3H. The Morgan fingerprint density at radius 2 is 1.86 bits per heavy atom. The number of carbonyl (C=O) groups is 1. The van der Waals surface area contributed by atoms with E-state index in [0.717, 1.165) is 12.1 Å². The molecule has 1 rings (SSSR count). The Kier molecular flexibility index (Phi) is 3.13. The van der Waals surface area contributed by atoms with Crippen LogP contribution in [-0.4, -0.2) is 12.0 Å². The van der Waals surface area contributed by atoms with Crippen molar-refractivity contribution in [1.29, 1.82) is 0 Å². The van der Waals surface area contributed by atoms with Crippen LogP contribution in [0, 0.1) is 9.39 Å². The first kappa shape index (κ1) is 11.4. The van der Waals surface area contributed by atoms with Gasteiger partial charge in [-0.1, -0.05) is 0 Å². The van der Waals surface area contributed by atoms with Crippen LogP contribution in [0.25, 0.3) is 0 Å². The van der Waals surface area contributed by atoms with E-state index in [4.69, 9.17) is 0 Å². The highest BCUT2D eigenvalue weighted by Crippen LogP contribution is 2.23. The third-order valence-corrected chi connectivity index (χ3v) is 2.10. The second-order valence-corrected chi connectivity index (χ2v) is 3.70. The lowest BCUT2D eigenvalue weighted by Crippen LogP contribution is -2.23. The SMILES string of the molecule is O=C(c1ccc(I)cc1F)C(F)(F)F. The molecule has 0 saturated heterocycles. The number of Topliss-reactive ketones (excluding diaryl/α,β-unsaturated/α-hetero) is 1. The van der Waals surface area contributed by atoms with Crippen LogP contribution in [0.15, 0.2) is 18.2 Å². The third-order valence-electron chi connectivity index (χ3n) is 1.43. The van der Waals surface area contributed by atoms with Crippen molar-refractivity contribution in [1.82, 2.24) is 0 Å². The molecule has 0 amide bonds. The summed E-state index contributed by atoms with van der Waals surface area (Å²) in [5.74, 6) is -3.31.